The van der Waals surface area contributed by atoms with Crippen LogP contribution < -0.4 is 5.32 Å². The minimum absolute atomic E-state index is 0.0617. The fourth-order valence-electron chi connectivity index (χ4n) is 4.15. The van der Waals surface area contributed by atoms with Gasteiger partial charge >= 0.3 is 0 Å². The third-order valence-corrected chi connectivity index (χ3v) is 6.48. The van der Waals surface area contributed by atoms with Gasteiger partial charge in [0.05, 0.1) is 5.52 Å². The largest absolute Gasteiger partial charge is 0.483 e. The van der Waals surface area contributed by atoms with Gasteiger partial charge in [-0.05, 0) is 61.0 Å². The molecule has 3 fully saturated rings. The summed E-state index contributed by atoms with van der Waals surface area (Å²) in [6.45, 7) is 3.07. The monoisotopic (exact) mass is 398 g/mol. The first kappa shape index (κ1) is 18.6. The van der Waals surface area contributed by atoms with E-state index in [9.17, 15) is 4.79 Å². The van der Waals surface area contributed by atoms with E-state index in [4.69, 9.17) is 9.90 Å². The Hall–Kier alpha value is -2.71. The number of hydrogen-bond acceptors (Lipinski definition) is 5. The number of benzene rings is 1. The number of carbonyl (C=O) groups excluding carboxylic acids is 1. The minimum Gasteiger partial charge on any atom is -0.483 e. The van der Waals surface area contributed by atoms with Gasteiger partial charge in [0.25, 0.3) is 12.4 Å². The predicted octanol–water partition coefficient (Wildman–Crippen LogP) is 2.82. The highest BCUT2D eigenvalue weighted by Crippen LogP contribution is 2.30. The molecule has 3 saturated heterocycles. The van der Waals surface area contributed by atoms with Crippen LogP contribution in [-0.2, 0) is 4.79 Å². The normalized spacial score (nSPS) is 23.1. The Kier molecular flexibility index (Phi) is 5.40. The standard InChI is InChI=1S/C19H20N4OS.CH2O2/c24-19(20-16-11-23-7-5-12(16)6-8-23)18-14-10-13(17-2-1-9-25-17)3-4-15(14)21-22-18;2-1-3/h1-4,9-10,12,16H,5-8,11H2,(H,20,24)(H,21,22);1H,(H,2,3)/t16-;/m1./s1. The van der Waals surface area contributed by atoms with Crippen LogP contribution in [-0.4, -0.2) is 58.3 Å². The highest BCUT2D eigenvalue weighted by molar-refractivity contribution is 7.13. The van der Waals surface area contributed by atoms with Crippen LogP contribution in [0, 0.1) is 5.92 Å². The number of amides is 1. The molecular formula is C20H22N4O3S. The fourth-order valence-corrected chi connectivity index (χ4v) is 4.87. The summed E-state index contributed by atoms with van der Waals surface area (Å²) >= 11 is 1.70. The first-order chi connectivity index (χ1) is 13.7. The molecule has 0 radical (unpaired) electrons. The number of rotatable bonds is 3. The lowest BCUT2D eigenvalue weighted by Crippen LogP contribution is -2.57. The summed E-state index contributed by atoms with van der Waals surface area (Å²) in [4.78, 5) is 24.9. The van der Waals surface area contributed by atoms with E-state index in [2.05, 4.69) is 44.0 Å². The molecule has 7 nitrogen and oxygen atoms in total. The summed E-state index contributed by atoms with van der Waals surface area (Å²) in [5.41, 5.74) is 2.53. The van der Waals surface area contributed by atoms with Gasteiger partial charge in [-0.3, -0.25) is 14.7 Å². The summed E-state index contributed by atoms with van der Waals surface area (Å²) < 4.78 is 0. The number of carboxylic acid groups (broad SMARTS) is 1. The maximum atomic E-state index is 12.9. The van der Waals surface area contributed by atoms with Crippen LogP contribution in [0.15, 0.2) is 35.7 Å². The Morgan fingerprint density at radius 3 is 2.75 bits per heavy atom. The molecule has 146 valence electrons. The molecule has 2 aromatic heterocycles. The lowest BCUT2D eigenvalue weighted by molar-refractivity contribution is -0.122. The molecule has 28 heavy (non-hydrogen) atoms. The Bertz CT molecular complexity index is 961. The summed E-state index contributed by atoms with van der Waals surface area (Å²) in [5.74, 6) is 0.550. The highest BCUT2D eigenvalue weighted by Gasteiger charge is 2.35. The van der Waals surface area contributed by atoms with Gasteiger partial charge in [0.15, 0.2) is 5.69 Å². The van der Waals surface area contributed by atoms with Crippen LogP contribution in [0.4, 0.5) is 0 Å². The van der Waals surface area contributed by atoms with Crippen molar-refractivity contribution >= 4 is 34.6 Å². The topological polar surface area (TPSA) is 98.3 Å². The van der Waals surface area contributed by atoms with Crippen LogP contribution in [0.3, 0.4) is 0 Å². The zero-order valence-electron chi connectivity index (χ0n) is 15.3. The molecule has 0 aliphatic carbocycles. The third kappa shape index (κ3) is 3.65. The van der Waals surface area contributed by atoms with Crippen LogP contribution in [0.5, 0.6) is 0 Å². The van der Waals surface area contributed by atoms with Gasteiger partial charge < -0.3 is 15.3 Å². The molecule has 3 N–H and O–H groups in total. The van der Waals surface area contributed by atoms with Crippen LogP contribution in [0.1, 0.15) is 23.3 Å². The molecule has 3 aliphatic rings. The van der Waals surface area contributed by atoms with Crippen molar-refractivity contribution in [2.75, 3.05) is 19.6 Å². The number of aromatic amines is 1. The number of aromatic nitrogens is 2. The SMILES string of the molecule is O=C(N[C@@H]1CN2CCC1CC2)c1n[nH]c2ccc(-c3cccs3)cc12.O=CO. The number of thiophene rings is 1. The van der Waals surface area contributed by atoms with Gasteiger partial charge in [-0.25, -0.2) is 0 Å². The average molecular weight is 398 g/mol. The van der Waals surface area contributed by atoms with Crippen molar-refractivity contribution in [2.45, 2.75) is 18.9 Å². The quantitative estimate of drug-likeness (QED) is 0.590. The molecule has 3 aromatic rings. The van der Waals surface area contributed by atoms with E-state index < -0.39 is 0 Å². The van der Waals surface area contributed by atoms with Gasteiger partial charge in [0.1, 0.15) is 0 Å². The first-order valence-electron chi connectivity index (χ1n) is 9.32. The van der Waals surface area contributed by atoms with E-state index in [1.165, 1.54) is 30.8 Å². The van der Waals surface area contributed by atoms with Crippen molar-refractivity contribution < 1.29 is 14.7 Å². The van der Waals surface area contributed by atoms with Gasteiger partial charge in [-0.1, -0.05) is 12.1 Å². The number of carbonyl (C=O) groups is 2. The van der Waals surface area contributed by atoms with Crippen LogP contribution in [0.25, 0.3) is 21.3 Å². The fraction of sp³-hybridized carbons (Fsp3) is 0.350. The lowest BCUT2D eigenvalue weighted by Gasteiger charge is -2.44. The van der Waals surface area contributed by atoms with Gasteiger partial charge in [-0.15, -0.1) is 11.3 Å². The second-order valence-electron chi connectivity index (χ2n) is 7.13. The van der Waals surface area contributed by atoms with Crippen molar-refractivity contribution in [2.24, 2.45) is 5.92 Å². The van der Waals surface area contributed by atoms with Crippen molar-refractivity contribution in [3.05, 3.63) is 41.4 Å². The average Bonchev–Trinajstić information content (AvgIpc) is 3.39. The number of piperidine rings is 3. The van der Waals surface area contributed by atoms with Gasteiger partial charge in [0.2, 0.25) is 0 Å². The molecule has 8 heteroatoms. The van der Waals surface area contributed by atoms with Crippen molar-refractivity contribution in [1.29, 1.82) is 0 Å². The van der Waals surface area contributed by atoms with Crippen LogP contribution in [0.2, 0.25) is 0 Å². The second kappa shape index (κ2) is 8.12. The molecule has 6 rings (SSSR count). The zero-order chi connectivity index (χ0) is 19.5. The van der Waals surface area contributed by atoms with E-state index in [1.54, 1.807) is 11.3 Å². The number of fused-ring (bicyclic) bond motifs is 4. The van der Waals surface area contributed by atoms with E-state index in [0.717, 1.165) is 23.0 Å². The van der Waals surface area contributed by atoms with E-state index in [-0.39, 0.29) is 18.4 Å². The molecule has 0 spiro atoms. The molecule has 0 unspecified atom stereocenters. The summed E-state index contributed by atoms with van der Waals surface area (Å²) in [7, 11) is 0. The van der Waals surface area contributed by atoms with E-state index >= 15 is 0 Å². The maximum absolute atomic E-state index is 12.9. The Morgan fingerprint density at radius 1 is 1.32 bits per heavy atom. The number of nitrogens with one attached hydrogen (secondary N) is 2. The number of H-pyrrole nitrogens is 1. The van der Waals surface area contributed by atoms with Crippen LogP contribution >= 0.6 is 11.3 Å². The molecule has 1 amide bonds. The summed E-state index contributed by atoms with van der Waals surface area (Å²) in [6.07, 6.45) is 2.38. The van der Waals surface area contributed by atoms with E-state index in [1.807, 2.05) is 12.1 Å². The van der Waals surface area contributed by atoms with Gasteiger partial charge in [0, 0.05) is 22.8 Å². The molecule has 1 aromatic carbocycles. The van der Waals surface area contributed by atoms with E-state index in [0.29, 0.717) is 11.6 Å². The molecule has 1 atom stereocenters. The molecule has 5 heterocycles. The van der Waals surface area contributed by atoms with Crippen molar-refractivity contribution in [3.8, 4) is 10.4 Å². The molecule has 0 saturated carbocycles. The van der Waals surface area contributed by atoms with Crippen molar-refractivity contribution in [1.82, 2.24) is 20.4 Å². The second-order valence-corrected chi connectivity index (χ2v) is 8.08. The lowest BCUT2D eigenvalue weighted by atomic mass is 9.84. The molecule has 3 aliphatic heterocycles. The minimum atomic E-state index is -0.250. The number of nitrogens with zero attached hydrogens (tertiary/aromatic N) is 2. The first-order valence-corrected chi connectivity index (χ1v) is 10.2. The predicted molar refractivity (Wildman–Crippen MR) is 109 cm³/mol. The summed E-state index contributed by atoms with van der Waals surface area (Å²) in [6, 6.07) is 10.5. The maximum Gasteiger partial charge on any atom is 0.290 e. The smallest absolute Gasteiger partial charge is 0.290 e. The molecule has 2 bridgehead atoms. The Balaban J connectivity index is 0.000000604. The third-order valence-electron chi connectivity index (χ3n) is 5.56. The Labute approximate surface area is 166 Å². The highest BCUT2D eigenvalue weighted by atomic mass is 32.1. The summed E-state index contributed by atoms with van der Waals surface area (Å²) in [5, 5.41) is 20.4. The van der Waals surface area contributed by atoms with Crippen molar-refractivity contribution in [3.63, 3.8) is 0 Å². The van der Waals surface area contributed by atoms with Gasteiger partial charge in [-0.2, -0.15) is 5.10 Å². The molecular weight excluding hydrogens is 376 g/mol. The Morgan fingerprint density at radius 2 is 2.11 bits per heavy atom. The number of hydrogen-bond donors (Lipinski definition) is 3. The zero-order valence-corrected chi connectivity index (χ0v) is 16.1.